The normalized spacial score (nSPS) is 15.5. The maximum atomic E-state index is 13.9. The van der Waals surface area contributed by atoms with E-state index in [2.05, 4.69) is 6.58 Å². The fourth-order valence-electron chi connectivity index (χ4n) is 2.25. The molecule has 0 heterocycles. The molecule has 0 aromatic heterocycles. The summed E-state index contributed by atoms with van der Waals surface area (Å²) in [6.45, 7) is 3.28. The van der Waals surface area contributed by atoms with E-state index in [-0.39, 0.29) is 5.56 Å². The van der Waals surface area contributed by atoms with Crippen LogP contribution in [-0.4, -0.2) is 36.3 Å². The van der Waals surface area contributed by atoms with Gasteiger partial charge in [-0.15, -0.1) is 0 Å². The Hall–Kier alpha value is -1.95. The lowest BCUT2D eigenvalue weighted by molar-refractivity contribution is -0.405. The molecule has 0 N–H and O–H groups in total. The van der Waals surface area contributed by atoms with Crippen LogP contribution >= 0.6 is 0 Å². The third kappa shape index (κ3) is 4.32. The molecule has 0 saturated heterocycles. The molecule has 0 nitrogen and oxygen atoms in total. The minimum Gasteiger partial charge on any atom is -0.203 e. The molecule has 0 radical (unpaired) electrons. The zero-order valence-electron chi connectivity index (χ0n) is 13.9. The van der Waals surface area contributed by atoms with Crippen LogP contribution in [0, 0.1) is 5.92 Å². The summed E-state index contributed by atoms with van der Waals surface area (Å²) in [5.41, 5.74) is -0.408. The quantitative estimate of drug-likeness (QED) is 0.380. The van der Waals surface area contributed by atoms with Crippen molar-refractivity contribution in [3.63, 3.8) is 0 Å². The van der Waals surface area contributed by atoms with Gasteiger partial charge in [-0.25, -0.2) is 8.78 Å². The van der Waals surface area contributed by atoms with Crippen LogP contribution in [0.1, 0.15) is 11.1 Å². The maximum Gasteiger partial charge on any atom is 0.398 e. The molecular formula is C16H11F13. The number of benzene rings is 1. The summed E-state index contributed by atoms with van der Waals surface area (Å²) in [6, 6.07) is 3.59. The van der Waals surface area contributed by atoms with Gasteiger partial charge in [0.15, 0.2) is 0 Å². The number of hydrogen-bond acceptors (Lipinski definition) is 0. The molecule has 0 aliphatic carbocycles. The molecule has 1 rings (SSSR count). The summed E-state index contributed by atoms with van der Waals surface area (Å²) < 4.78 is 170. The van der Waals surface area contributed by atoms with Crippen molar-refractivity contribution in [3.05, 3.63) is 42.0 Å². The summed E-state index contributed by atoms with van der Waals surface area (Å²) in [5, 5.41) is 0. The van der Waals surface area contributed by atoms with Crippen LogP contribution in [0.3, 0.4) is 0 Å². The lowest BCUT2D eigenvalue weighted by Crippen LogP contribution is -2.67. The van der Waals surface area contributed by atoms with Gasteiger partial charge in [-0.2, -0.15) is 48.3 Å². The Morgan fingerprint density at radius 3 is 1.48 bits per heavy atom. The molecule has 13 heteroatoms. The standard InChI is InChI=1S/C16H11F13/c1-2-8-3-5-9(6-4-8)7-10(14(23,24)25)12(19,20)15(26,27)16(28,29)13(21,22)11(17)18/h2-6,10-11H,1,7H2. The number of rotatable bonds is 8. The topological polar surface area (TPSA) is 0 Å². The predicted octanol–water partition coefficient (Wildman–Crippen LogP) is 6.86. The van der Waals surface area contributed by atoms with E-state index in [4.69, 9.17) is 0 Å². The first kappa shape index (κ1) is 25.1. The van der Waals surface area contributed by atoms with Crippen molar-refractivity contribution in [2.24, 2.45) is 5.92 Å². The van der Waals surface area contributed by atoms with Crippen LogP contribution in [-0.2, 0) is 6.42 Å². The Kier molecular flexibility index (Phi) is 6.67. The minimum absolute atomic E-state index is 0.275. The first-order valence-corrected chi connectivity index (χ1v) is 7.41. The molecule has 0 amide bonds. The van der Waals surface area contributed by atoms with Crippen molar-refractivity contribution >= 4 is 6.08 Å². The van der Waals surface area contributed by atoms with Gasteiger partial charge in [-0.05, 0) is 17.5 Å². The molecule has 0 aliphatic heterocycles. The second kappa shape index (κ2) is 7.71. The molecule has 0 fully saturated rings. The molecule has 0 aliphatic rings. The average Bonchev–Trinajstić information content (AvgIpc) is 2.58. The van der Waals surface area contributed by atoms with Gasteiger partial charge in [0.25, 0.3) is 0 Å². The molecule has 1 aromatic rings. The van der Waals surface area contributed by atoms with E-state index in [9.17, 15) is 57.1 Å². The number of hydrogen-bond donors (Lipinski definition) is 0. The summed E-state index contributed by atoms with van der Waals surface area (Å²) >= 11 is 0. The minimum atomic E-state index is -7.49. The first-order chi connectivity index (χ1) is 12.8. The second-order valence-electron chi connectivity index (χ2n) is 5.94. The monoisotopic (exact) mass is 450 g/mol. The summed E-state index contributed by atoms with van der Waals surface area (Å²) in [5.74, 6) is -33.4. The molecule has 166 valence electrons. The van der Waals surface area contributed by atoms with Crippen molar-refractivity contribution in [3.8, 4) is 0 Å². The third-order valence-corrected chi connectivity index (χ3v) is 3.99. The van der Waals surface area contributed by atoms with Crippen molar-refractivity contribution in [1.29, 1.82) is 0 Å². The molecule has 0 saturated carbocycles. The summed E-state index contributed by atoms with van der Waals surface area (Å²) in [4.78, 5) is 0. The number of halogens is 13. The van der Waals surface area contributed by atoms with Crippen molar-refractivity contribution in [2.75, 3.05) is 0 Å². The highest BCUT2D eigenvalue weighted by molar-refractivity contribution is 5.47. The zero-order chi connectivity index (χ0) is 23.1. The Bertz CT molecular complexity index is 701. The van der Waals surface area contributed by atoms with Gasteiger partial charge in [0.1, 0.15) is 5.92 Å². The van der Waals surface area contributed by atoms with Crippen LogP contribution in [0.4, 0.5) is 57.1 Å². The Morgan fingerprint density at radius 2 is 1.14 bits per heavy atom. The van der Waals surface area contributed by atoms with Gasteiger partial charge in [0, 0.05) is 0 Å². The second-order valence-corrected chi connectivity index (χ2v) is 5.94. The maximum absolute atomic E-state index is 13.9. The zero-order valence-corrected chi connectivity index (χ0v) is 13.9. The Morgan fingerprint density at radius 1 is 0.724 bits per heavy atom. The highest BCUT2D eigenvalue weighted by Gasteiger charge is 2.85. The lowest BCUT2D eigenvalue weighted by atomic mass is 9.85. The van der Waals surface area contributed by atoms with E-state index >= 15 is 0 Å². The van der Waals surface area contributed by atoms with Gasteiger partial charge in [0.2, 0.25) is 0 Å². The van der Waals surface area contributed by atoms with E-state index in [0.29, 0.717) is 0 Å². The predicted molar refractivity (Wildman–Crippen MR) is 75.6 cm³/mol. The van der Waals surface area contributed by atoms with Crippen LogP contribution in [0.15, 0.2) is 30.8 Å². The molecule has 1 aromatic carbocycles. The van der Waals surface area contributed by atoms with Gasteiger partial charge >= 0.3 is 36.3 Å². The summed E-state index contributed by atoms with van der Waals surface area (Å²) in [6.07, 6.45) is -12.7. The van der Waals surface area contributed by atoms with Gasteiger partial charge in [0.05, 0.1) is 0 Å². The lowest BCUT2D eigenvalue weighted by Gasteiger charge is -2.40. The Balaban J connectivity index is 3.47. The van der Waals surface area contributed by atoms with E-state index in [0.717, 1.165) is 24.3 Å². The number of alkyl halides is 13. The Labute approximate surface area is 155 Å². The van der Waals surface area contributed by atoms with Crippen LogP contribution in [0.2, 0.25) is 0 Å². The average molecular weight is 450 g/mol. The van der Waals surface area contributed by atoms with Crippen molar-refractivity contribution in [2.45, 2.75) is 42.7 Å². The molecule has 1 unspecified atom stereocenters. The third-order valence-electron chi connectivity index (χ3n) is 3.99. The van der Waals surface area contributed by atoms with Gasteiger partial charge in [-0.1, -0.05) is 36.9 Å². The van der Waals surface area contributed by atoms with Gasteiger partial charge < -0.3 is 0 Å². The molecule has 29 heavy (non-hydrogen) atoms. The highest BCUT2D eigenvalue weighted by Crippen LogP contribution is 2.58. The van der Waals surface area contributed by atoms with E-state index in [1.165, 1.54) is 6.08 Å². The highest BCUT2D eigenvalue weighted by atomic mass is 19.4. The smallest absolute Gasteiger partial charge is 0.203 e. The fourth-order valence-corrected chi connectivity index (χ4v) is 2.25. The van der Waals surface area contributed by atoms with Gasteiger partial charge in [-0.3, -0.25) is 0 Å². The van der Waals surface area contributed by atoms with Crippen LogP contribution < -0.4 is 0 Å². The van der Waals surface area contributed by atoms with E-state index in [1.54, 1.807) is 0 Å². The summed E-state index contributed by atoms with van der Waals surface area (Å²) in [7, 11) is 0. The molecule has 0 spiro atoms. The van der Waals surface area contributed by atoms with E-state index in [1.807, 2.05) is 0 Å². The van der Waals surface area contributed by atoms with Crippen molar-refractivity contribution in [1.82, 2.24) is 0 Å². The van der Waals surface area contributed by atoms with Crippen LogP contribution in [0.5, 0.6) is 0 Å². The fraction of sp³-hybridized carbons (Fsp3) is 0.500. The van der Waals surface area contributed by atoms with Crippen molar-refractivity contribution < 1.29 is 57.1 Å². The molecule has 0 bridgehead atoms. The van der Waals surface area contributed by atoms with E-state index < -0.39 is 54.2 Å². The molecule has 1 atom stereocenters. The molecular weight excluding hydrogens is 439 g/mol. The SMILES string of the molecule is C=Cc1ccc(CC(C(F)(F)F)C(F)(F)C(F)(F)C(F)(F)C(F)(F)C(F)F)cc1. The largest absolute Gasteiger partial charge is 0.398 e. The van der Waals surface area contributed by atoms with Crippen LogP contribution in [0.25, 0.3) is 6.08 Å². The first-order valence-electron chi connectivity index (χ1n) is 7.41.